The Balaban J connectivity index is 1.52. The lowest BCUT2D eigenvalue weighted by molar-refractivity contribution is -0.0685. The van der Waals surface area contributed by atoms with Crippen LogP contribution in [0.2, 0.25) is 10.0 Å². The van der Waals surface area contributed by atoms with E-state index in [0.717, 1.165) is 24.0 Å². The van der Waals surface area contributed by atoms with E-state index >= 15 is 0 Å². The highest BCUT2D eigenvalue weighted by atomic mass is 35.5. The summed E-state index contributed by atoms with van der Waals surface area (Å²) < 4.78 is 0. The third kappa shape index (κ3) is 4.28. The molecular formula is C26H25Cl2N5O. The van der Waals surface area contributed by atoms with Gasteiger partial charge in [-0.2, -0.15) is 0 Å². The number of azide groups is 1. The highest BCUT2D eigenvalue weighted by molar-refractivity contribution is 6.32. The summed E-state index contributed by atoms with van der Waals surface area (Å²) in [5.41, 5.74) is 10.9. The average molecular weight is 494 g/mol. The maximum atomic E-state index is 11.8. The van der Waals surface area contributed by atoms with Gasteiger partial charge in [-0.05, 0) is 66.6 Å². The van der Waals surface area contributed by atoms with Crippen LogP contribution in [0.15, 0.2) is 71.8 Å². The molecule has 2 bridgehead atoms. The van der Waals surface area contributed by atoms with Crippen LogP contribution < -0.4 is 0 Å². The first-order valence-electron chi connectivity index (χ1n) is 11.5. The number of halogens is 2. The van der Waals surface area contributed by atoms with Crippen LogP contribution in [-0.4, -0.2) is 27.1 Å². The summed E-state index contributed by atoms with van der Waals surface area (Å²) in [6.07, 6.45) is 3.09. The van der Waals surface area contributed by atoms with Gasteiger partial charge >= 0.3 is 0 Å². The van der Waals surface area contributed by atoms with Crippen LogP contribution in [0, 0.1) is 0 Å². The summed E-state index contributed by atoms with van der Waals surface area (Å²) in [5, 5.41) is 16.8. The molecule has 34 heavy (non-hydrogen) atoms. The molecule has 2 unspecified atom stereocenters. The largest absolute Gasteiger partial charge is 0.383 e. The van der Waals surface area contributed by atoms with Gasteiger partial charge in [0.2, 0.25) is 0 Å². The molecular weight excluding hydrogens is 469 g/mol. The van der Waals surface area contributed by atoms with Crippen LogP contribution in [0.4, 0.5) is 0 Å². The van der Waals surface area contributed by atoms with Crippen LogP contribution in [0.25, 0.3) is 10.4 Å². The molecule has 0 amide bonds. The Bertz CT molecular complexity index is 1190. The molecule has 0 saturated carbocycles. The zero-order chi connectivity index (χ0) is 23.7. The number of aromatic nitrogens is 1. The minimum Gasteiger partial charge on any atom is -0.383 e. The van der Waals surface area contributed by atoms with E-state index in [1.165, 1.54) is 0 Å². The highest BCUT2D eigenvalue weighted by Crippen LogP contribution is 2.51. The second-order valence-electron chi connectivity index (χ2n) is 9.12. The second-order valence-corrected chi connectivity index (χ2v) is 9.94. The van der Waals surface area contributed by atoms with Gasteiger partial charge in [-0.1, -0.05) is 70.8 Å². The van der Waals surface area contributed by atoms with Crippen molar-refractivity contribution in [1.82, 2.24) is 9.88 Å². The molecule has 2 aliphatic rings. The number of hydrogen-bond acceptors (Lipinski definition) is 4. The van der Waals surface area contributed by atoms with E-state index in [9.17, 15) is 5.11 Å². The number of nitrogens with zero attached hydrogens (tertiary/aromatic N) is 5. The van der Waals surface area contributed by atoms with Crippen molar-refractivity contribution >= 4 is 23.2 Å². The fraction of sp³-hybridized carbons (Fsp3) is 0.346. The lowest BCUT2D eigenvalue weighted by Gasteiger charge is -2.47. The quantitative estimate of drug-likeness (QED) is 0.232. The van der Waals surface area contributed by atoms with E-state index in [1.54, 1.807) is 0 Å². The normalized spacial score (nSPS) is 24.2. The van der Waals surface area contributed by atoms with Crippen molar-refractivity contribution in [3.8, 4) is 0 Å². The topological polar surface area (TPSA) is 85.1 Å². The number of aliphatic hydroxyl groups is 1. The van der Waals surface area contributed by atoms with Crippen molar-refractivity contribution in [2.24, 2.45) is 5.11 Å². The minimum absolute atomic E-state index is 0.103. The molecule has 0 radical (unpaired) electrons. The van der Waals surface area contributed by atoms with Gasteiger partial charge in [0.25, 0.3) is 0 Å². The van der Waals surface area contributed by atoms with E-state index in [-0.39, 0.29) is 24.7 Å². The third-order valence-electron chi connectivity index (χ3n) is 7.10. The summed E-state index contributed by atoms with van der Waals surface area (Å²) in [6.45, 7) is 0.167. The number of rotatable bonds is 6. The maximum absolute atomic E-state index is 11.8. The van der Waals surface area contributed by atoms with Gasteiger partial charge in [0.15, 0.2) is 0 Å². The molecule has 2 fully saturated rings. The Kier molecular flexibility index (Phi) is 6.52. The second kappa shape index (κ2) is 9.57. The summed E-state index contributed by atoms with van der Waals surface area (Å²) in [6, 6.07) is 21.6. The number of pyridine rings is 1. The monoisotopic (exact) mass is 493 g/mol. The summed E-state index contributed by atoms with van der Waals surface area (Å²) in [5.74, 6) is 0. The maximum Gasteiger partial charge on any atom is 0.109 e. The number of piperidine rings is 1. The SMILES string of the molecule is [N-]=[N+]=NCc1cccc(C2(O)CC3CCC(C2)N3C(c2ccccc2Cl)c2ccccc2Cl)n1. The fourth-order valence-electron chi connectivity index (χ4n) is 5.70. The standard InChI is InChI=1S/C26H25Cl2N5O/c27-22-9-3-1-7-20(22)25(21-8-2-4-10-23(21)28)33-18-12-13-19(33)15-26(34,14-18)24-11-5-6-17(31-24)16-30-32-29/h1-11,18-19,25,34H,12-16H2. The van der Waals surface area contributed by atoms with E-state index in [4.69, 9.17) is 28.7 Å². The van der Waals surface area contributed by atoms with Crippen molar-refractivity contribution in [2.75, 3.05) is 0 Å². The van der Waals surface area contributed by atoms with Crippen molar-refractivity contribution in [3.63, 3.8) is 0 Å². The fourth-order valence-corrected chi connectivity index (χ4v) is 6.18. The molecule has 5 rings (SSSR count). The van der Waals surface area contributed by atoms with Gasteiger partial charge in [0, 0.05) is 32.7 Å². The highest BCUT2D eigenvalue weighted by Gasteiger charge is 2.51. The van der Waals surface area contributed by atoms with Crippen molar-refractivity contribution < 1.29 is 5.11 Å². The summed E-state index contributed by atoms with van der Waals surface area (Å²) >= 11 is 13.4. The Morgan fingerprint density at radius 3 is 2.12 bits per heavy atom. The molecule has 2 atom stereocenters. The molecule has 2 aliphatic heterocycles. The zero-order valence-corrected chi connectivity index (χ0v) is 20.1. The van der Waals surface area contributed by atoms with Crippen molar-refractivity contribution in [1.29, 1.82) is 0 Å². The Morgan fingerprint density at radius 1 is 0.971 bits per heavy atom. The minimum atomic E-state index is -1.04. The molecule has 6 nitrogen and oxygen atoms in total. The molecule has 0 aliphatic carbocycles. The molecule has 3 aromatic rings. The van der Waals surface area contributed by atoms with Gasteiger partial charge in [0.1, 0.15) is 5.60 Å². The molecule has 174 valence electrons. The zero-order valence-electron chi connectivity index (χ0n) is 18.6. The molecule has 1 N–H and O–H groups in total. The Hall–Kier alpha value is -2.60. The van der Waals surface area contributed by atoms with Gasteiger partial charge in [0.05, 0.1) is 18.3 Å². The van der Waals surface area contributed by atoms with Crippen molar-refractivity contribution in [2.45, 2.75) is 56.0 Å². The van der Waals surface area contributed by atoms with Gasteiger partial charge in [-0.25, -0.2) is 0 Å². The van der Waals surface area contributed by atoms with Gasteiger partial charge in [-0.15, -0.1) is 0 Å². The molecule has 3 heterocycles. The Morgan fingerprint density at radius 2 is 1.56 bits per heavy atom. The molecule has 1 aromatic heterocycles. The van der Waals surface area contributed by atoms with Crippen LogP contribution >= 0.6 is 23.2 Å². The molecule has 2 aromatic carbocycles. The van der Waals surface area contributed by atoms with E-state index < -0.39 is 5.60 Å². The van der Waals surface area contributed by atoms with E-state index in [2.05, 4.69) is 32.0 Å². The number of fused-ring (bicyclic) bond motifs is 2. The van der Waals surface area contributed by atoms with Crippen LogP contribution in [0.5, 0.6) is 0 Å². The predicted octanol–water partition coefficient (Wildman–Crippen LogP) is 6.80. The lowest BCUT2D eigenvalue weighted by atomic mass is 9.81. The van der Waals surface area contributed by atoms with Crippen LogP contribution in [0.1, 0.15) is 54.2 Å². The lowest BCUT2D eigenvalue weighted by Crippen LogP contribution is -2.51. The average Bonchev–Trinajstić information content (AvgIpc) is 3.11. The van der Waals surface area contributed by atoms with Crippen LogP contribution in [0.3, 0.4) is 0 Å². The van der Waals surface area contributed by atoms with E-state index in [1.807, 2.05) is 54.6 Å². The number of benzene rings is 2. The predicted molar refractivity (Wildman–Crippen MR) is 134 cm³/mol. The van der Waals surface area contributed by atoms with E-state index in [0.29, 0.717) is 34.3 Å². The summed E-state index contributed by atoms with van der Waals surface area (Å²) in [7, 11) is 0. The first-order valence-corrected chi connectivity index (χ1v) is 12.2. The molecule has 8 heteroatoms. The Labute approximate surface area is 208 Å². The smallest absolute Gasteiger partial charge is 0.109 e. The third-order valence-corrected chi connectivity index (χ3v) is 7.79. The summed E-state index contributed by atoms with van der Waals surface area (Å²) in [4.78, 5) is 9.96. The first kappa shape index (κ1) is 23.2. The van der Waals surface area contributed by atoms with Crippen molar-refractivity contribution in [3.05, 3.63) is 110 Å². The van der Waals surface area contributed by atoms with Crippen LogP contribution in [-0.2, 0) is 12.1 Å². The van der Waals surface area contributed by atoms with Gasteiger partial charge in [-0.3, -0.25) is 9.88 Å². The molecule has 2 saturated heterocycles. The number of hydrogen-bond donors (Lipinski definition) is 1. The first-order chi connectivity index (χ1) is 16.5. The van der Waals surface area contributed by atoms with Gasteiger partial charge < -0.3 is 5.11 Å². The molecule has 0 spiro atoms.